The molecule has 0 amide bonds. The van der Waals surface area contributed by atoms with Gasteiger partial charge in [0.25, 0.3) is 0 Å². The highest BCUT2D eigenvalue weighted by Gasteiger charge is 2.27. The van der Waals surface area contributed by atoms with Gasteiger partial charge in [-0.2, -0.15) is 0 Å². The topological polar surface area (TPSA) is 52.8 Å². The Labute approximate surface area is 83.8 Å². The number of hydrogen-bond acceptors (Lipinski definition) is 3. The zero-order chi connectivity index (χ0) is 9.42. The van der Waals surface area contributed by atoms with E-state index in [1.165, 1.54) is 0 Å². The van der Waals surface area contributed by atoms with Crippen molar-refractivity contribution < 1.29 is 10.3 Å². The minimum absolute atomic E-state index is 0.363. The lowest BCUT2D eigenvalue weighted by molar-refractivity contribution is 0.237. The summed E-state index contributed by atoms with van der Waals surface area (Å²) in [6, 6.07) is 5.63. The van der Waals surface area contributed by atoms with Gasteiger partial charge in [0.2, 0.25) is 0 Å². The fourth-order valence-corrected chi connectivity index (χ4v) is 1.99. The highest BCUT2D eigenvalue weighted by atomic mass is 79.9. The maximum absolute atomic E-state index is 9.50. The first-order chi connectivity index (χ1) is 6.22. The van der Waals surface area contributed by atoms with E-state index in [-0.39, 0.29) is 0 Å². The van der Waals surface area contributed by atoms with Crippen molar-refractivity contribution in [1.82, 2.24) is 0 Å². The van der Waals surface area contributed by atoms with Crippen LogP contribution in [0.3, 0.4) is 0 Å². The van der Waals surface area contributed by atoms with Crippen molar-refractivity contribution in [3.8, 4) is 0 Å². The van der Waals surface area contributed by atoms with Crippen LogP contribution in [0.5, 0.6) is 0 Å². The van der Waals surface area contributed by atoms with Gasteiger partial charge in [0.15, 0.2) is 0 Å². The average molecular weight is 242 g/mol. The number of oxime groups is 1. The Bertz CT molecular complexity index is 376. The molecule has 1 aliphatic rings. The molecule has 13 heavy (non-hydrogen) atoms. The lowest BCUT2D eigenvalue weighted by Gasteiger charge is -1.99. The van der Waals surface area contributed by atoms with Crippen LogP contribution < -0.4 is 0 Å². The van der Waals surface area contributed by atoms with Gasteiger partial charge in [0, 0.05) is 16.5 Å². The van der Waals surface area contributed by atoms with Gasteiger partial charge < -0.3 is 10.3 Å². The molecule has 0 radical (unpaired) electrons. The van der Waals surface area contributed by atoms with Gasteiger partial charge in [-0.1, -0.05) is 27.2 Å². The van der Waals surface area contributed by atoms with E-state index < -0.39 is 6.10 Å². The summed E-state index contributed by atoms with van der Waals surface area (Å²) < 4.78 is 0.970. The van der Waals surface area contributed by atoms with Crippen LogP contribution in [0.25, 0.3) is 0 Å². The highest BCUT2D eigenvalue weighted by Crippen LogP contribution is 2.25. The van der Waals surface area contributed by atoms with E-state index in [1.807, 2.05) is 18.2 Å². The van der Waals surface area contributed by atoms with E-state index in [9.17, 15) is 5.11 Å². The molecule has 3 nitrogen and oxygen atoms in total. The second-order valence-electron chi connectivity index (χ2n) is 3.01. The van der Waals surface area contributed by atoms with Gasteiger partial charge in [-0.3, -0.25) is 0 Å². The number of nitrogens with zero attached hydrogens (tertiary/aromatic N) is 1. The van der Waals surface area contributed by atoms with E-state index in [2.05, 4.69) is 21.1 Å². The maximum Gasteiger partial charge on any atom is 0.116 e. The van der Waals surface area contributed by atoms with Crippen LogP contribution in [0.15, 0.2) is 27.8 Å². The van der Waals surface area contributed by atoms with Gasteiger partial charge in [-0.25, -0.2) is 0 Å². The molecule has 1 atom stereocenters. The van der Waals surface area contributed by atoms with E-state index in [1.54, 1.807) is 0 Å². The molecule has 2 rings (SSSR count). The van der Waals surface area contributed by atoms with Crippen LogP contribution in [0.2, 0.25) is 0 Å². The number of halogens is 1. The van der Waals surface area contributed by atoms with Gasteiger partial charge in [-0.15, -0.1) is 0 Å². The lowest BCUT2D eigenvalue weighted by Crippen LogP contribution is -2.15. The Hall–Kier alpha value is -0.870. The Kier molecular flexibility index (Phi) is 2.09. The summed E-state index contributed by atoms with van der Waals surface area (Å²) in [7, 11) is 0. The van der Waals surface area contributed by atoms with Gasteiger partial charge in [-0.05, 0) is 17.7 Å². The second kappa shape index (κ2) is 3.12. The molecule has 68 valence electrons. The zero-order valence-corrected chi connectivity index (χ0v) is 8.32. The first kappa shape index (κ1) is 8.72. The fourth-order valence-electron chi connectivity index (χ4n) is 1.59. The van der Waals surface area contributed by atoms with Crippen LogP contribution in [-0.2, 0) is 6.42 Å². The monoisotopic (exact) mass is 241 g/mol. The molecule has 0 heterocycles. The summed E-state index contributed by atoms with van der Waals surface area (Å²) in [5.74, 6) is 0. The molecule has 0 spiro atoms. The molecular formula is C9H8BrNO2. The van der Waals surface area contributed by atoms with Crippen molar-refractivity contribution in [2.75, 3.05) is 0 Å². The molecule has 2 N–H and O–H groups in total. The average Bonchev–Trinajstić information content (AvgIpc) is 2.39. The normalized spacial score (nSPS) is 23.5. The van der Waals surface area contributed by atoms with Crippen LogP contribution in [-0.4, -0.2) is 22.1 Å². The quantitative estimate of drug-likeness (QED) is 0.535. The molecule has 0 saturated heterocycles. The van der Waals surface area contributed by atoms with Crippen molar-refractivity contribution >= 4 is 21.6 Å². The Morgan fingerprint density at radius 1 is 1.46 bits per heavy atom. The number of aliphatic hydroxyl groups excluding tert-OH is 1. The van der Waals surface area contributed by atoms with E-state index in [0.717, 1.165) is 15.6 Å². The third-order valence-corrected chi connectivity index (χ3v) is 2.67. The molecule has 0 bridgehead atoms. The summed E-state index contributed by atoms with van der Waals surface area (Å²) in [6.07, 6.45) is -0.150. The second-order valence-corrected chi connectivity index (χ2v) is 3.92. The standard InChI is InChI=1S/C9H8BrNO2/c10-6-1-2-7-5(3-6)4-8(12)9(7)11-13/h1-3,8,12-13H,4H2/b11-9+/t8-/m0/s1. The van der Waals surface area contributed by atoms with Crippen molar-refractivity contribution in [2.24, 2.45) is 5.16 Å². The number of aliphatic hydroxyl groups is 1. The lowest BCUT2D eigenvalue weighted by atomic mass is 10.1. The van der Waals surface area contributed by atoms with Crippen molar-refractivity contribution in [3.05, 3.63) is 33.8 Å². The Balaban J connectivity index is 2.55. The third kappa shape index (κ3) is 1.36. The summed E-state index contributed by atoms with van der Waals surface area (Å²) >= 11 is 3.34. The first-order valence-electron chi connectivity index (χ1n) is 3.91. The molecule has 0 unspecified atom stereocenters. The van der Waals surface area contributed by atoms with Crippen molar-refractivity contribution in [2.45, 2.75) is 12.5 Å². The number of rotatable bonds is 0. The molecule has 0 aliphatic heterocycles. The van der Waals surface area contributed by atoms with E-state index >= 15 is 0 Å². The van der Waals surface area contributed by atoms with E-state index in [4.69, 9.17) is 5.21 Å². The van der Waals surface area contributed by atoms with Crippen LogP contribution in [0, 0.1) is 0 Å². The Morgan fingerprint density at radius 3 is 2.92 bits per heavy atom. The van der Waals surface area contributed by atoms with Crippen molar-refractivity contribution in [1.29, 1.82) is 0 Å². The number of benzene rings is 1. The SMILES string of the molecule is O/N=C1\c2ccc(Br)cc2C[C@@H]1O. The molecule has 0 fully saturated rings. The number of hydrogen-bond donors (Lipinski definition) is 2. The van der Waals surface area contributed by atoms with Gasteiger partial charge >= 0.3 is 0 Å². The van der Waals surface area contributed by atoms with Gasteiger partial charge in [0.1, 0.15) is 11.8 Å². The van der Waals surface area contributed by atoms with Crippen LogP contribution in [0.4, 0.5) is 0 Å². The van der Waals surface area contributed by atoms with Gasteiger partial charge in [0.05, 0.1) is 0 Å². The molecule has 0 saturated carbocycles. The largest absolute Gasteiger partial charge is 0.411 e. The van der Waals surface area contributed by atoms with Crippen molar-refractivity contribution in [3.63, 3.8) is 0 Å². The molecule has 0 aromatic heterocycles. The maximum atomic E-state index is 9.50. The summed E-state index contributed by atoms with van der Waals surface area (Å²) in [6.45, 7) is 0. The number of fused-ring (bicyclic) bond motifs is 1. The molecule has 1 aromatic rings. The summed E-state index contributed by atoms with van der Waals surface area (Å²) in [5, 5.41) is 21.3. The highest BCUT2D eigenvalue weighted by molar-refractivity contribution is 9.10. The first-order valence-corrected chi connectivity index (χ1v) is 4.70. The minimum atomic E-state index is -0.672. The minimum Gasteiger partial charge on any atom is -0.411 e. The molecule has 1 aliphatic carbocycles. The molecule has 1 aromatic carbocycles. The van der Waals surface area contributed by atoms with Crippen LogP contribution >= 0.6 is 15.9 Å². The smallest absolute Gasteiger partial charge is 0.116 e. The van der Waals surface area contributed by atoms with E-state index in [0.29, 0.717) is 12.1 Å². The fraction of sp³-hybridized carbons (Fsp3) is 0.222. The molecule has 4 heteroatoms. The zero-order valence-electron chi connectivity index (χ0n) is 6.74. The Morgan fingerprint density at radius 2 is 2.23 bits per heavy atom. The summed E-state index contributed by atoms with van der Waals surface area (Å²) in [4.78, 5) is 0. The predicted octanol–water partition coefficient (Wildman–Crippen LogP) is 1.54. The van der Waals surface area contributed by atoms with Crippen LogP contribution in [0.1, 0.15) is 11.1 Å². The molecular weight excluding hydrogens is 234 g/mol. The third-order valence-electron chi connectivity index (χ3n) is 2.18. The predicted molar refractivity (Wildman–Crippen MR) is 52.2 cm³/mol. The summed E-state index contributed by atoms with van der Waals surface area (Å²) in [5.41, 5.74) is 2.20.